The second kappa shape index (κ2) is 8.83. The molecule has 1 aromatic carbocycles. The maximum atomic E-state index is 13.2. The fourth-order valence-corrected chi connectivity index (χ4v) is 6.32. The topological polar surface area (TPSA) is 98.2 Å². The fourth-order valence-electron chi connectivity index (χ4n) is 4.78. The van der Waals surface area contributed by atoms with Gasteiger partial charge in [-0.05, 0) is 49.4 Å². The molecule has 5 rings (SSSR count). The van der Waals surface area contributed by atoms with Gasteiger partial charge in [-0.3, -0.25) is 9.59 Å². The summed E-state index contributed by atoms with van der Waals surface area (Å²) in [5.41, 5.74) is 0.557. The Kier molecular flexibility index (Phi) is 5.88. The summed E-state index contributed by atoms with van der Waals surface area (Å²) in [5, 5.41) is 0. The lowest BCUT2D eigenvalue weighted by Gasteiger charge is -2.27. The van der Waals surface area contributed by atoms with Crippen LogP contribution in [-0.2, 0) is 21.4 Å². The maximum Gasteiger partial charge on any atom is 0.251 e. The second-order valence-corrected chi connectivity index (χ2v) is 10.5. The molecular formula is C23H27N3O6S. The van der Waals surface area contributed by atoms with Crippen LogP contribution in [0.3, 0.4) is 0 Å². The van der Waals surface area contributed by atoms with Crippen molar-refractivity contribution < 1.29 is 22.7 Å². The first kappa shape index (κ1) is 22.0. The third-order valence-electron chi connectivity index (χ3n) is 6.49. The Hall–Kier alpha value is -2.85. The lowest BCUT2D eigenvalue weighted by atomic mass is 10.0. The van der Waals surface area contributed by atoms with Crippen molar-refractivity contribution in [2.75, 3.05) is 32.8 Å². The quantitative estimate of drug-likeness (QED) is 0.657. The predicted octanol–water partition coefficient (Wildman–Crippen LogP) is 1.77. The number of carbonyl (C=O) groups excluding carboxylic acids is 1. The monoisotopic (exact) mass is 473 g/mol. The van der Waals surface area contributed by atoms with Crippen LogP contribution in [0.2, 0.25) is 0 Å². The molecule has 0 N–H and O–H groups in total. The molecule has 0 saturated carbocycles. The number of carbonyl (C=O) groups is 1. The van der Waals surface area contributed by atoms with E-state index in [-0.39, 0.29) is 23.4 Å². The Bertz CT molecular complexity index is 1220. The molecule has 1 aromatic heterocycles. The van der Waals surface area contributed by atoms with Crippen molar-refractivity contribution in [3.63, 3.8) is 0 Å². The Morgan fingerprint density at radius 2 is 1.73 bits per heavy atom. The Morgan fingerprint density at radius 3 is 2.52 bits per heavy atom. The molecule has 0 aliphatic carbocycles. The van der Waals surface area contributed by atoms with E-state index in [4.69, 9.17) is 9.47 Å². The summed E-state index contributed by atoms with van der Waals surface area (Å²) in [6.45, 7) is 2.34. The van der Waals surface area contributed by atoms with E-state index in [9.17, 15) is 18.0 Å². The van der Waals surface area contributed by atoms with Crippen LogP contribution in [0.15, 0.2) is 46.2 Å². The highest BCUT2D eigenvalue weighted by Crippen LogP contribution is 2.38. The molecule has 10 heteroatoms. The first-order valence-corrected chi connectivity index (χ1v) is 12.8. The van der Waals surface area contributed by atoms with Gasteiger partial charge in [-0.2, -0.15) is 4.31 Å². The number of fused-ring (bicyclic) bond motifs is 1. The van der Waals surface area contributed by atoms with Gasteiger partial charge >= 0.3 is 0 Å². The smallest absolute Gasteiger partial charge is 0.251 e. The average molecular weight is 474 g/mol. The number of hydrogen-bond donors (Lipinski definition) is 0. The lowest BCUT2D eigenvalue weighted by Crippen LogP contribution is -2.36. The summed E-state index contributed by atoms with van der Waals surface area (Å²) in [6, 6.07) is 8.14. The molecule has 1 atom stereocenters. The lowest BCUT2D eigenvalue weighted by molar-refractivity contribution is -0.132. The van der Waals surface area contributed by atoms with Crippen LogP contribution in [-0.4, -0.2) is 60.9 Å². The van der Waals surface area contributed by atoms with Crippen molar-refractivity contribution in [1.82, 2.24) is 13.8 Å². The minimum Gasteiger partial charge on any atom is -0.486 e. The van der Waals surface area contributed by atoms with Crippen molar-refractivity contribution in [3.8, 4) is 11.5 Å². The van der Waals surface area contributed by atoms with Crippen molar-refractivity contribution in [2.24, 2.45) is 0 Å². The van der Waals surface area contributed by atoms with Gasteiger partial charge in [0.05, 0.1) is 10.9 Å². The fraction of sp³-hybridized carbons (Fsp3) is 0.478. The van der Waals surface area contributed by atoms with E-state index >= 15 is 0 Å². The van der Waals surface area contributed by atoms with Gasteiger partial charge in [-0.25, -0.2) is 8.42 Å². The molecule has 3 aliphatic heterocycles. The Morgan fingerprint density at radius 1 is 0.970 bits per heavy atom. The van der Waals surface area contributed by atoms with E-state index in [0.29, 0.717) is 44.3 Å². The van der Waals surface area contributed by atoms with Crippen LogP contribution in [0.25, 0.3) is 0 Å². The zero-order valence-corrected chi connectivity index (χ0v) is 19.1. The molecule has 9 nitrogen and oxygen atoms in total. The molecule has 2 aromatic rings. The number of likely N-dealkylation sites (tertiary alicyclic amines) is 1. The molecule has 0 radical (unpaired) electrons. The van der Waals surface area contributed by atoms with E-state index in [1.54, 1.807) is 4.90 Å². The molecule has 3 aliphatic rings. The van der Waals surface area contributed by atoms with Gasteiger partial charge in [0, 0.05) is 31.9 Å². The van der Waals surface area contributed by atoms with Crippen LogP contribution in [0.1, 0.15) is 37.3 Å². The third-order valence-corrected chi connectivity index (χ3v) is 8.37. The molecule has 0 spiro atoms. The molecule has 33 heavy (non-hydrogen) atoms. The molecule has 2 saturated heterocycles. The molecule has 1 amide bonds. The highest BCUT2D eigenvalue weighted by molar-refractivity contribution is 7.89. The van der Waals surface area contributed by atoms with Gasteiger partial charge < -0.3 is 18.9 Å². The summed E-state index contributed by atoms with van der Waals surface area (Å²) in [4.78, 5) is 27.4. The first-order valence-electron chi connectivity index (χ1n) is 11.3. The number of pyridine rings is 1. The van der Waals surface area contributed by atoms with E-state index < -0.39 is 15.6 Å². The van der Waals surface area contributed by atoms with Crippen LogP contribution >= 0.6 is 0 Å². The summed E-state index contributed by atoms with van der Waals surface area (Å²) < 4.78 is 39.7. The first-order chi connectivity index (χ1) is 15.9. The minimum atomic E-state index is -3.67. The summed E-state index contributed by atoms with van der Waals surface area (Å²) in [5.74, 6) is 1.16. The normalized spacial score (nSPS) is 20.8. The molecule has 2 fully saturated rings. The van der Waals surface area contributed by atoms with Gasteiger partial charge in [0.1, 0.15) is 19.8 Å². The van der Waals surface area contributed by atoms with Crippen molar-refractivity contribution in [3.05, 3.63) is 52.4 Å². The number of amides is 1. The molecule has 4 heterocycles. The van der Waals surface area contributed by atoms with Gasteiger partial charge in [0.2, 0.25) is 15.9 Å². The number of hydrogen-bond acceptors (Lipinski definition) is 6. The highest BCUT2D eigenvalue weighted by atomic mass is 32.2. The molecular weight excluding hydrogens is 446 g/mol. The van der Waals surface area contributed by atoms with E-state index in [1.807, 2.05) is 18.2 Å². The summed E-state index contributed by atoms with van der Waals surface area (Å²) >= 11 is 0. The highest BCUT2D eigenvalue weighted by Gasteiger charge is 2.32. The third kappa shape index (κ3) is 4.24. The van der Waals surface area contributed by atoms with Crippen LogP contribution < -0.4 is 15.0 Å². The zero-order valence-electron chi connectivity index (χ0n) is 18.3. The largest absolute Gasteiger partial charge is 0.486 e. The van der Waals surface area contributed by atoms with Gasteiger partial charge in [-0.1, -0.05) is 6.07 Å². The molecule has 176 valence electrons. The zero-order chi connectivity index (χ0) is 23.0. The van der Waals surface area contributed by atoms with Gasteiger partial charge in [-0.15, -0.1) is 0 Å². The predicted molar refractivity (Wildman–Crippen MR) is 120 cm³/mol. The van der Waals surface area contributed by atoms with Crippen molar-refractivity contribution in [2.45, 2.75) is 43.2 Å². The molecule has 0 bridgehead atoms. The summed E-state index contributed by atoms with van der Waals surface area (Å²) in [7, 11) is -3.67. The minimum absolute atomic E-state index is 0.0432. The number of benzene rings is 1. The van der Waals surface area contributed by atoms with Crippen molar-refractivity contribution in [1.29, 1.82) is 0 Å². The van der Waals surface area contributed by atoms with Gasteiger partial charge in [0.25, 0.3) is 5.56 Å². The summed E-state index contributed by atoms with van der Waals surface area (Å²) in [6.07, 6.45) is 4.61. The Balaban J connectivity index is 1.36. The van der Waals surface area contributed by atoms with E-state index in [2.05, 4.69) is 0 Å². The van der Waals surface area contributed by atoms with Crippen LogP contribution in [0.4, 0.5) is 0 Å². The Labute approximate surface area is 192 Å². The number of aromatic nitrogens is 1. The van der Waals surface area contributed by atoms with Crippen molar-refractivity contribution >= 4 is 15.9 Å². The number of nitrogens with zero attached hydrogens (tertiary/aromatic N) is 3. The number of ether oxygens (including phenoxy) is 2. The SMILES string of the molecule is O=C(Cn1cc(S(=O)(=O)N2CCCC2)ccc1=O)N1CCCC1c1ccc2c(c1)OCCO2. The van der Waals surface area contributed by atoms with E-state index in [1.165, 1.54) is 27.2 Å². The standard InChI is InChI=1S/C23H27N3O6S/c27-22-8-6-18(33(29,30)25-9-1-2-10-25)15-24(22)16-23(28)26-11-3-4-19(26)17-5-7-20-21(14-17)32-13-12-31-20/h5-8,14-15,19H,1-4,9-13,16H2. The van der Waals surface area contributed by atoms with Gasteiger partial charge in [0.15, 0.2) is 11.5 Å². The van der Waals surface area contributed by atoms with E-state index in [0.717, 1.165) is 31.2 Å². The number of sulfonamides is 1. The maximum absolute atomic E-state index is 13.2. The average Bonchev–Trinajstić information content (AvgIpc) is 3.53. The second-order valence-electron chi connectivity index (χ2n) is 8.59. The number of rotatable bonds is 5. The molecule has 1 unspecified atom stereocenters. The van der Waals surface area contributed by atoms with Crippen LogP contribution in [0.5, 0.6) is 11.5 Å². The van der Waals surface area contributed by atoms with Crippen LogP contribution in [0, 0.1) is 0 Å².